The molecule has 4 amide bonds. The smallest absolute Gasteiger partial charge is 0.341 e. The van der Waals surface area contributed by atoms with Crippen LogP contribution in [-0.4, -0.2) is 70.8 Å². The van der Waals surface area contributed by atoms with E-state index in [4.69, 9.17) is 0 Å². The molecule has 3 rings (SSSR count). The summed E-state index contributed by atoms with van der Waals surface area (Å²) in [6, 6.07) is 3.39. The fourth-order valence-electron chi connectivity index (χ4n) is 4.18. The number of halogens is 3. The van der Waals surface area contributed by atoms with Crippen molar-refractivity contribution in [2.45, 2.75) is 44.6 Å². The van der Waals surface area contributed by atoms with Crippen LogP contribution < -0.4 is 5.32 Å². The molecule has 1 aromatic rings. The number of likely N-dealkylation sites (tertiary alicyclic amines) is 1. The molecule has 1 N–H and O–H groups in total. The molecule has 0 saturated carbocycles. The number of carbonyl (C=O) groups is 3. The van der Waals surface area contributed by atoms with Gasteiger partial charge in [-0.1, -0.05) is 12.1 Å². The average molecular weight is 426 g/mol. The van der Waals surface area contributed by atoms with Gasteiger partial charge in [0.25, 0.3) is 5.91 Å². The van der Waals surface area contributed by atoms with E-state index in [-0.39, 0.29) is 43.5 Å². The highest BCUT2D eigenvalue weighted by atomic mass is 19.4. The molecule has 7 nitrogen and oxygen atoms in total. The van der Waals surface area contributed by atoms with Crippen molar-refractivity contribution in [3.05, 3.63) is 35.4 Å². The van der Waals surface area contributed by atoms with Crippen LogP contribution in [0.1, 0.15) is 37.9 Å². The predicted molar refractivity (Wildman–Crippen MR) is 102 cm³/mol. The van der Waals surface area contributed by atoms with E-state index >= 15 is 0 Å². The van der Waals surface area contributed by atoms with Crippen molar-refractivity contribution in [1.29, 1.82) is 0 Å². The standard InChI is InChI=1S/C20H25F3N4O3/c1-12(2)26-9-16(28)27(19(17(26)29)10-25(11-19)18(30)24-4)13(3)14-5-7-15(8-6-14)20(21,22)23/h5-8,12-13H,9-11H2,1-4H3,(H,24,30). The third-order valence-electron chi connectivity index (χ3n) is 5.83. The summed E-state index contributed by atoms with van der Waals surface area (Å²) in [7, 11) is 1.48. The van der Waals surface area contributed by atoms with Crippen LogP contribution in [0.15, 0.2) is 24.3 Å². The van der Waals surface area contributed by atoms with Crippen molar-refractivity contribution in [2.24, 2.45) is 0 Å². The zero-order chi connectivity index (χ0) is 22.4. The number of hydrogen-bond donors (Lipinski definition) is 1. The number of amides is 4. The Morgan fingerprint density at radius 3 is 2.13 bits per heavy atom. The highest BCUT2D eigenvalue weighted by molar-refractivity contribution is 6.00. The second-order valence-corrected chi connectivity index (χ2v) is 8.03. The maximum Gasteiger partial charge on any atom is 0.416 e. The van der Waals surface area contributed by atoms with Crippen LogP contribution in [0.5, 0.6) is 0 Å². The number of nitrogens with zero attached hydrogens (tertiary/aromatic N) is 3. The first kappa shape index (κ1) is 21.9. The molecule has 0 bridgehead atoms. The molecule has 2 heterocycles. The molecular weight excluding hydrogens is 401 g/mol. The molecule has 2 saturated heterocycles. The van der Waals surface area contributed by atoms with Gasteiger partial charge in [-0.05, 0) is 38.5 Å². The quantitative estimate of drug-likeness (QED) is 0.806. The molecule has 2 aliphatic heterocycles. The molecule has 0 aliphatic carbocycles. The lowest BCUT2D eigenvalue weighted by Crippen LogP contribution is -2.82. The fraction of sp³-hybridized carbons (Fsp3) is 0.550. The summed E-state index contributed by atoms with van der Waals surface area (Å²) in [4.78, 5) is 42.8. The third-order valence-corrected chi connectivity index (χ3v) is 5.83. The summed E-state index contributed by atoms with van der Waals surface area (Å²) in [5.41, 5.74) is -1.52. The molecule has 1 spiro atoms. The molecule has 1 unspecified atom stereocenters. The second kappa shape index (κ2) is 7.48. The molecule has 0 radical (unpaired) electrons. The number of hydrogen-bond acceptors (Lipinski definition) is 3. The van der Waals surface area contributed by atoms with Gasteiger partial charge in [0.15, 0.2) is 5.54 Å². The lowest BCUT2D eigenvalue weighted by atomic mass is 9.81. The van der Waals surface area contributed by atoms with Crippen LogP contribution in [0.3, 0.4) is 0 Å². The Morgan fingerprint density at radius 1 is 1.10 bits per heavy atom. The Labute approximate surface area is 172 Å². The summed E-state index contributed by atoms with van der Waals surface area (Å²) >= 11 is 0. The van der Waals surface area contributed by atoms with Gasteiger partial charge in [0.05, 0.1) is 24.7 Å². The minimum atomic E-state index is -4.46. The zero-order valence-electron chi connectivity index (χ0n) is 17.3. The Balaban J connectivity index is 1.95. The lowest BCUT2D eigenvalue weighted by Gasteiger charge is -2.59. The summed E-state index contributed by atoms with van der Waals surface area (Å²) in [6.07, 6.45) is -4.46. The Kier molecular flexibility index (Phi) is 5.46. The fourth-order valence-corrected chi connectivity index (χ4v) is 4.18. The van der Waals surface area contributed by atoms with E-state index in [1.54, 1.807) is 6.92 Å². The van der Waals surface area contributed by atoms with Crippen molar-refractivity contribution in [1.82, 2.24) is 20.0 Å². The van der Waals surface area contributed by atoms with Gasteiger partial charge in [-0.15, -0.1) is 0 Å². The molecule has 1 aromatic carbocycles. The first-order valence-corrected chi connectivity index (χ1v) is 9.69. The molecule has 164 valence electrons. The number of urea groups is 1. The number of alkyl halides is 3. The van der Waals surface area contributed by atoms with E-state index in [0.717, 1.165) is 12.1 Å². The minimum absolute atomic E-state index is 0.0332. The number of nitrogens with one attached hydrogen (secondary N) is 1. The van der Waals surface area contributed by atoms with Crippen molar-refractivity contribution >= 4 is 17.8 Å². The van der Waals surface area contributed by atoms with E-state index in [1.807, 2.05) is 13.8 Å². The molecule has 2 aliphatic rings. The number of benzene rings is 1. The maximum absolute atomic E-state index is 13.3. The second-order valence-electron chi connectivity index (χ2n) is 8.03. The van der Waals surface area contributed by atoms with Crippen LogP contribution in [0.2, 0.25) is 0 Å². The molecule has 10 heteroatoms. The Morgan fingerprint density at radius 2 is 1.67 bits per heavy atom. The van der Waals surface area contributed by atoms with E-state index in [0.29, 0.717) is 5.56 Å². The largest absolute Gasteiger partial charge is 0.416 e. The van der Waals surface area contributed by atoms with E-state index in [1.165, 1.54) is 33.9 Å². The van der Waals surface area contributed by atoms with Crippen molar-refractivity contribution in [3.8, 4) is 0 Å². The van der Waals surface area contributed by atoms with Crippen molar-refractivity contribution in [3.63, 3.8) is 0 Å². The first-order chi connectivity index (χ1) is 13.9. The third kappa shape index (κ3) is 3.48. The van der Waals surface area contributed by atoms with Crippen molar-refractivity contribution in [2.75, 3.05) is 26.7 Å². The van der Waals surface area contributed by atoms with Crippen LogP contribution in [0.25, 0.3) is 0 Å². The topological polar surface area (TPSA) is 73.0 Å². The van der Waals surface area contributed by atoms with E-state index < -0.39 is 23.3 Å². The summed E-state index contributed by atoms with van der Waals surface area (Å²) in [5, 5.41) is 2.50. The number of rotatable bonds is 3. The van der Waals surface area contributed by atoms with E-state index in [2.05, 4.69) is 5.32 Å². The Hall–Kier alpha value is -2.78. The van der Waals surface area contributed by atoms with Crippen LogP contribution in [-0.2, 0) is 15.8 Å². The maximum atomic E-state index is 13.3. The van der Waals surface area contributed by atoms with Gasteiger partial charge in [-0.2, -0.15) is 13.2 Å². The highest BCUT2D eigenvalue weighted by Crippen LogP contribution is 2.40. The van der Waals surface area contributed by atoms with Gasteiger partial charge >= 0.3 is 12.2 Å². The minimum Gasteiger partial charge on any atom is -0.341 e. The molecule has 2 fully saturated rings. The van der Waals surface area contributed by atoms with Crippen LogP contribution in [0.4, 0.5) is 18.0 Å². The van der Waals surface area contributed by atoms with Gasteiger partial charge in [0.2, 0.25) is 5.91 Å². The number of carbonyl (C=O) groups excluding carboxylic acids is 3. The molecule has 30 heavy (non-hydrogen) atoms. The SMILES string of the molecule is CNC(=O)N1CC2(C1)C(=O)N(C(C)C)CC(=O)N2C(C)c1ccc(C(F)(F)F)cc1. The first-order valence-electron chi connectivity index (χ1n) is 9.69. The molecular formula is C20H25F3N4O3. The lowest BCUT2D eigenvalue weighted by molar-refractivity contribution is -0.181. The molecule has 0 aromatic heterocycles. The van der Waals surface area contributed by atoms with Gasteiger partial charge < -0.3 is 20.0 Å². The number of piperazine rings is 1. The van der Waals surface area contributed by atoms with Gasteiger partial charge in [0, 0.05) is 13.1 Å². The molecule has 1 atom stereocenters. The zero-order valence-corrected chi connectivity index (χ0v) is 17.3. The van der Waals surface area contributed by atoms with Crippen LogP contribution >= 0.6 is 0 Å². The van der Waals surface area contributed by atoms with Crippen molar-refractivity contribution < 1.29 is 27.6 Å². The monoisotopic (exact) mass is 426 g/mol. The van der Waals surface area contributed by atoms with Gasteiger partial charge in [-0.3, -0.25) is 9.59 Å². The van der Waals surface area contributed by atoms with Crippen LogP contribution in [0, 0.1) is 0 Å². The summed E-state index contributed by atoms with van der Waals surface area (Å²) < 4.78 is 38.7. The highest BCUT2D eigenvalue weighted by Gasteiger charge is 2.62. The predicted octanol–water partition coefficient (Wildman–Crippen LogP) is 2.24. The summed E-state index contributed by atoms with van der Waals surface area (Å²) in [6.45, 7) is 5.26. The Bertz CT molecular complexity index is 848. The van der Waals surface area contributed by atoms with Gasteiger partial charge in [0.1, 0.15) is 6.54 Å². The normalized spacial score (nSPS) is 19.9. The van der Waals surface area contributed by atoms with Gasteiger partial charge in [-0.25, -0.2) is 4.79 Å². The average Bonchev–Trinajstić information content (AvgIpc) is 2.65. The van der Waals surface area contributed by atoms with E-state index in [9.17, 15) is 27.6 Å². The summed E-state index contributed by atoms with van der Waals surface area (Å²) in [5.74, 6) is -0.553.